The predicted molar refractivity (Wildman–Crippen MR) is 112 cm³/mol. The first-order chi connectivity index (χ1) is 14.6. The number of hydrogen-bond acceptors (Lipinski definition) is 6. The van der Waals surface area contributed by atoms with E-state index in [2.05, 4.69) is 43.4 Å². The van der Waals surface area contributed by atoms with Gasteiger partial charge in [-0.1, -0.05) is 5.21 Å². The average molecular weight is 415 g/mol. The molecular weight excluding hydrogens is 380 g/mol. The molecular formula is C22H34N6O2. The molecule has 164 valence electrons. The van der Waals surface area contributed by atoms with Crippen molar-refractivity contribution in [2.24, 2.45) is 24.8 Å². The van der Waals surface area contributed by atoms with Crippen molar-refractivity contribution in [2.45, 2.75) is 57.9 Å². The molecule has 2 aliphatic carbocycles. The number of imidazole rings is 1. The maximum atomic E-state index is 6.47. The lowest BCUT2D eigenvalue weighted by molar-refractivity contribution is -0.0376. The number of hydrogen-bond donors (Lipinski definition) is 0. The molecule has 3 heterocycles. The molecule has 2 aromatic rings. The first-order valence-corrected chi connectivity index (χ1v) is 11.3. The highest BCUT2D eigenvalue weighted by Gasteiger charge is 2.44. The Hall–Kier alpha value is -1.77. The molecule has 2 aromatic heterocycles. The van der Waals surface area contributed by atoms with Crippen LogP contribution in [-0.4, -0.2) is 62.4 Å². The van der Waals surface area contributed by atoms with Gasteiger partial charge >= 0.3 is 0 Å². The monoisotopic (exact) mass is 414 g/mol. The lowest BCUT2D eigenvalue weighted by Crippen LogP contribution is -2.38. The van der Waals surface area contributed by atoms with Crippen molar-refractivity contribution in [3.05, 3.63) is 29.6 Å². The van der Waals surface area contributed by atoms with E-state index >= 15 is 0 Å². The Morgan fingerprint density at radius 1 is 1.17 bits per heavy atom. The second kappa shape index (κ2) is 8.40. The number of fused-ring (bicyclic) bond motifs is 1. The van der Waals surface area contributed by atoms with Gasteiger partial charge in [0.1, 0.15) is 11.5 Å². The Bertz CT molecular complexity index is 860. The first-order valence-electron chi connectivity index (χ1n) is 11.3. The Kier molecular flexibility index (Phi) is 5.64. The number of methoxy groups -OCH3 is 1. The van der Waals surface area contributed by atoms with Crippen LogP contribution in [-0.2, 0) is 29.7 Å². The van der Waals surface area contributed by atoms with E-state index in [-0.39, 0.29) is 12.1 Å². The summed E-state index contributed by atoms with van der Waals surface area (Å²) in [5, 5.41) is 8.75. The van der Waals surface area contributed by atoms with E-state index in [4.69, 9.17) is 9.47 Å². The van der Waals surface area contributed by atoms with Gasteiger partial charge in [-0.3, -0.25) is 4.90 Å². The van der Waals surface area contributed by atoms with Gasteiger partial charge in [0.05, 0.1) is 30.6 Å². The summed E-state index contributed by atoms with van der Waals surface area (Å²) in [6, 6.07) is 0.266. The van der Waals surface area contributed by atoms with Gasteiger partial charge in [-0.15, -0.1) is 5.10 Å². The molecule has 0 amide bonds. The maximum Gasteiger partial charge on any atom is 0.108 e. The molecule has 4 atom stereocenters. The summed E-state index contributed by atoms with van der Waals surface area (Å²) in [4.78, 5) is 7.07. The Labute approximate surface area is 178 Å². The molecule has 0 aromatic carbocycles. The number of ether oxygens (including phenoxy) is 2. The van der Waals surface area contributed by atoms with Gasteiger partial charge in [-0.05, 0) is 50.4 Å². The van der Waals surface area contributed by atoms with Crippen LogP contribution >= 0.6 is 0 Å². The molecule has 5 rings (SSSR count). The van der Waals surface area contributed by atoms with Crippen molar-refractivity contribution in [3.63, 3.8) is 0 Å². The van der Waals surface area contributed by atoms with Crippen molar-refractivity contribution < 1.29 is 9.47 Å². The van der Waals surface area contributed by atoms with E-state index in [1.54, 1.807) is 7.11 Å². The Morgan fingerprint density at radius 3 is 2.67 bits per heavy atom. The fourth-order valence-corrected chi connectivity index (χ4v) is 5.23. The second-order valence-electron chi connectivity index (χ2n) is 9.55. The average Bonchev–Trinajstić information content (AvgIpc) is 3.17. The van der Waals surface area contributed by atoms with Crippen molar-refractivity contribution in [1.29, 1.82) is 0 Å². The van der Waals surface area contributed by atoms with Crippen LogP contribution in [0.4, 0.5) is 0 Å². The van der Waals surface area contributed by atoms with E-state index < -0.39 is 0 Å². The minimum Gasteiger partial charge on any atom is -0.378 e. The second-order valence-corrected chi connectivity index (χ2v) is 9.55. The van der Waals surface area contributed by atoms with Crippen LogP contribution in [0.2, 0.25) is 0 Å². The standard InChI is InChI=1S/C22H34N6O2/c1-15-23-8-20(26(15)2)12-27-9-17-6-21(28-11-19(14-29-3)24-25-28)22(7-18(17)10-27)30-13-16-4-5-16/h8,11,16-18,21-22H,4-7,9-10,12-14H2,1-3H3/t17-,18+,21-,22-/m1/s1. The van der Waals surface area contributed by atoms with Crippen LogP contribution in [0.5, 0.6) is 0 Å². The minimum absolute atomic E-state index is 0.225. The molecule has 1 aliphatic heterocycles. The van der Waals surface area contributed by atoms with Gasteiger partial charge in [0.25, 0.3) is 0 Å². The molecule has 30 heavy (non-hydrogen) atoms. The lowest BCUT2D eigenvalue weighted by Gasteiger charge is -2.37. The van der Waals surface area contributed by atoms with Crippen molar-refractivity contribution >= 4 is 0 Å². The smallest absolute Gasteiger partial charge is 0.108 e. The van der Waals surface area contributed by atoms with E-state index in [9.17, 15) is 0 Å². The zero-order valence-electron chi connectivity index (χ0n) is 18.4. The van der Waals surface area contributed by atoms with Crippen LogP contribution in [0.1, 0.15) is 48.9 Å². The number of nitrogens with zero attached hydrogens (tertiary/aromatic N) is 6. The zero-order chi connectivity index (χ0) is 20.7. The highest BCUT2D eigenvalue weighted by Crippen LogP contribution is 2.43. The highest BCUT2D eigenvalue weighted by molar-refractivity contribution is 5.05. The molecule has 3 fully saturated rings. The summed E-state index contributed by atoms with van der Waals surface area (Å²) in [5.41, 5.74) is 2.19. The van der Waals surface area contributed by atoms with Crippen LogP contribution in [0.15, 0.2) is 12.4 Å². The largest absolute Gasteiger partial charge is 0.378 e. The molecule has 8 heteroatoms. The molecule has 3 aliphatic rings. The Morgan fingerprint density at radius 2 is 1.97 bits per heavy atom. The molecule has 2 saturated carbocycles. The molecule has 8 nitrogen and oxygen atoms in total. The third-order valence-electron chi connectivity index (χ3n) is 7.30. The number of rotatable bonds is 8. The Balaban J connectivity index is 1.29. The summed E-state index contributed by atoms with van der Waals surface area (Å²) in [5.74, 6) is 3.23. The van der Waals surface area contributed by atoms with E-state index in [1.807, 2.05) is 12.4 Å². The van der Waals surface area contributed by atoms with Gasteiger partial charge in [-0.25, -0.2) is 9.67 Å². The summed E-state index contributed by atoms with van der Waals surface area (Å²) < 4.78 is 16.0. The SMILES string of the molecule is COCc1cn([C@@H]2C[C@@H]3CN(Cc4cnc(C)n4C)C[C@@H]3C[C@H]2OCC2CC2)nn1. The van der Waals surface area contributed by atoms with E-state index in [0.29, 0.717) is 18.4 Å². The van der Waals surface area contributed by atoms with Gasteiger partial charge < -0.3 is 14.0 Å². The normalized spacial score (nSPS) is 29.4. The van der Waals surface area contributed by atoms with E-state index in [0.717, 1.165) is 56.5 Å². The third-order valence-corrected chi connectivity index (χ3v) is 7.30. The van der Waals surface area contributed by atoms with Crippen molar-refractivity contribution in [3.8, 4) is 0 Å². The summed E-state index contributed by atoms with van der Waals surface area (Å²) >= 11 is 0. The van der Waals surface area contributed by atoms with Crippen LogP contribution in [0.25, 0.3) is 0 Å². The maximum absolute atomic E-state index is 6.47. The first kappa shape index (κ1) is 20.2. The third kappa shape index (κ3) is 4.18. The van der Waals surface area contributed by atoms with Crippen LogP contribution in [0.3, 0.4) is 0 Å². The zero-order valence-corrected chi connectivity index (χ0v) is 18.4. The molecule has 0 radical (unpaired) electrons. The van der Waals surface area contributed by atoms with Crippen molar-refractivity contribution in [2.75, 3.05) is 26.8 Å². The molecule has 0 unspecified atom stereocenters. The lowest BCUT2D eigenvalue weighted by atomic mass is 9.77. The van der Waals surface area contributed by atoms with Gasteiger partial charge in [0.15, 0.2) is 0 Å². The fraction of sp³-hybridized carbons (Fsp3) is 0.773. The number of likely N-dealkylation sites (tertiary alicyclic amines) is 1. The van der Waals surface area contributed by atoms with Gasteiger partial charge in [0.2, 0.25) is 0 Å². The van der Waals surface area contributed by atoms with Crippen LogP contribution < -0.4 is 0 Å². The fourth-order valence-electron chi connectivity index (χ4n) is 5.23. The quantitative estimate of drug-likeness (QED) is 0.660. The highest BCUT2D eigenvalue weighted by atomic mass is 16.5. The summed E-state index contributed by atoms with van der Waals surface area (Å²) in [7, 11) is 3.81. The summed E-state index contributed by atoms with van der Waals surface area (Å²) in [6.45, 7) is 6.73. The summed E-state index contributed by atoms with van der Waals surface area (Å²) in [6.07, 6.45) is 9.16. The topological polar surface area (TPSA) is 70.2 Å². The molecule has 0 spiro atoms. The van der Waals surface area contributed by atoms with Gasteiger partial charge in [0, 0.05) is 46.6 Å². The van der Waals surface area contributed by atoms with Crippen molar-refractivity contribution in [1.82, 2.24) is 29.4 Å². The van der Waals surface area contributed by atoms with E-state index in [1.165, 1.54) is 18.5 Å². The minimum atomic E-state index is 0.225. The molecule has 0 bridgehead atoms. The van der Waals surface area contributed by atoms with Gasteiger partial charge in [-0.2, -0.15) is 0 Å². The molecule has 1 saturated heterocycles. The number of aromatic nitrogens is 5. The predicted octanol–water partition coefficient (Wildman–Crippen LogP) is 2.34. The molecule has 0 N–H and O–H groups in total. The number of aryl methyl sites for hydroxylation is 1. The van der Waals surface area contributed by atoms with Crippen LogP contribution in [0, 0.1) is 24.7 Å².